The van der Waals surface area contributed by atoms with Crippen LogP contribution in [-0.2, 0) is 16.0 Å². The van der Waals surface area contributed by atoms with Crippen molar-refractivity contribution in [2.45, 2.75) is 71.8 Å². The Kier molecular flexibility index (Phi) is 7.94. The summed E-state index contributed by atoms with van der Waals surface area (Å²) in [7, 11) is 0. The minimum atomic E-state index is -0.978. The molecule has 1 fully saturated rings. The number of ether oxygens (including phenoxy) is 1. The Labute approximate surface area is 188 Å². The number of carboxylic acids is 1. The van der Waals surface area contributed by atoms with Crippen LogP contribution in [0.5, 0.6) is 5.75 Å². The molecular weight excluding hydrogens is 410 g/mol. The van der Waals surface area contributed by atoms with Crippen molar-refractivity contribution in [1.29, 1.82) is 0 Å². The molecule has 0 saturated heterocycles. The third-order valence-electron chi connectivity index (χ3n) is 6.25. The lowest BCUT2D eigenvalue weighted by Gasteiger charge is -2.29. The van der Waals surface area contributed by atoms with Gasteiger partial charge in [0, 0.05) is 18.6 Å². The van der Waals surface area contributed by atoms with Gasteiger partial charge in [0.15, 0.2) is 6.10 Å². The van der Waals surface area contributed by atoms with Crippen LogP contribution in [0.25, 0.3) is 11.0 Å². The number of rotatable bonds is 9. The summed E-state index contributed by atoms with van der Waals surface area (Å²) in [6.07, 6.45) is 4.63. The van der Waals surface area contributed by atoms with Crippen LogP contribution in [0.4, 0.5) is 0 Å². The summed E-state index contributed by atoms with van der Waals surface area (Å²) in [5.74, 6) is -0.785. The van der Waals surface area contributed by atoms with Gasteiger partial charge in [0.2, 0.25) is 0 Å². The van der Waals surface area contributed by atoms with Crippen LogP contribution in [0.2, 0.25) is 0 Å². The van der Waals surface area contributed by atoms with Crippen LogP contribution in [0, 0.1) is 18.8 Å². The number of hydrogen-bond donors (Lipinski definition) is 1. The largest absolute Gasteiger partial charge is 0.550 e. The highest BCUT2D eigenvalue weighted by molar-refractivity contribution is 5.88. The zero-order chi connectivity index (χ0) is 23.3. The van der Waals surface area contributed by atoms with Gasteiger partial charge in [-0.2, -0.15) is 0 Å². The molecule has 0 bridgehead atoms. The van der Waals surface area contributed by atoms with Crippen molar-refractivity contribution in [2.24, 2.45) is 11.8 Å². The predicted octanol–water partition coefficient (Wildman–Crippen LogP) is 2.88. The van der Waals surface area contributed by atoms with Crippen molar-refractivity contribution < 1.29 is 23.8 Å². The summed E-state index contributed by atoms with van der Waals surface area (Å²) in [6, 6.07) is 5.18. The molecule has 1 aromatic carbocycles. The van der Waals surface area contributed by atoms with Gasteiger partial charge in [0.05, 0.1) is 5.39 Å². The number of hydrogen-bond acceptors (Lipinski definition) is 6. The molecule has 174 valence electrons. The Bertz CT molecular complexity index is 1020. The summed E-state index contributed by atoms with van der Waals surface area (Å²) >= 11 is 0. The van der Waals surface area contributed by atoms with E-state index in [4.69, 9.17) is 9.15 Å². The number of benzene rings is 1. The maximum atomic E-state index is 12.7. The molecule has 0 unspecified atom stereocenters. The Morgan fingerprint density at radius 1 is 1.22 bits per heavy atom. The number of carboxylic acid groups (broad SMARTS) is 1. The van der Waals surface area contributed by atoms with Gasteiger partial charge in [-0.15, -0.1) is 0 Å². The van der Waals surface area contributed by atoms with E-state index >= 15 is 0 Å². The molecule has 1 aromatic heterocycles. The average molecular weight is 443 g/mol. The molecule has 0 spiro atoms. The molecule has 0 radical (unpaired) electrons. The van der Waals surface area contributed by atoms with Gasteiger partial charge in [-0.3, -0.25) is 4.79 Å². The molecule has 2 aromatic rings. The van der Waals surface area contributed by atoms with Gasteiger partial charge in [0.1, 0.15) is 11.3 Å². The molecule has 1 heterocycles. The number of aliphatic carboxylic acids is 1. The molecule has 7 heteroatoms. The maximum Gasteiger partial charge on any atom is 0.336 e. The summed E-state index contributed by atoms with van der Waals surface area (Å²) in [5.41, 5.74) is 1.82. The van der Waals surface area contributed by atoms with Crippen molar-refractivity contribution in [2.75, 3.05) is 6.54 Å². The monoisotopic (exact) mass is 442 g/mol. The lowest BCUT2D eigenvalue weighted by atomic mass is 9.82. The standard InChI is InChI=1S/C25H33NO6/c1-4-5-6-19-13-22(27)32-21-12-15(2)11-20(23(19)21)31-16(3)24(28)26-14-17-7-9-18(10-8-17)25(29)30/h11-13,16-18H,4-10,14H2,1-3H3,(H,26,28)(H,29,30)/p-1/t16-,17?,18?/m0/s1. The van der Waals surface area contributed by atoms with Crippen LogP contribution < -0.4 is 20.8 Å². The van der Waals surface area contributed by atoms with Crippen LogP contribution in [0.1, 0.15) is 63.5 Å². The van der Waals surface area contributed by atoms with Gasteiger partial charge >= 0.3 is 5.63 Å². The minimum absolute atomic E-state index is 0.228. The van der Waals surface area contributed by atoms with Gasteiger partial charge < -0.3 is 24.4 Å². The molecule has 7 nitrogen and oxygen atoms in total. The van der Waals surface area contributed by atoms with Crippen LogP contribution in [0.15, 0.2) is 27.4 Å². The zero-order valence-corrected chi connectivity index (χ0v) is 19.1. The topological polar surface area (TPSA) is 109 Å². The fourth-order valence-electron chi connectivity index (χ4n) is 4.36. The number of carbonyl (C=O) groups is 2. The first-order chi connectivity index (χ1) is 15.3. The van der Waals surface area contributed by atoms with Gasteiger partial charge in [0.25, 0.3) is 5.91 Å². The van der Waals surface area contributed by atoms with Crippen molar-refractivity contribution in [3.63, 3.8) is 0 Å². The van der Waals surface area contributed by atoms with E-state index in [0.717, 1.165) is 48.6 Å². The molecular formula is C25H32NO6-. The van der Waals surface area contributed by atoms with Gasteiger partial charge in [-0.25, -0.2) is 4.79 Å². The molecule has 1 amide bonds. The van der Waals surface area contributed by atoms with E-state index in [1.807, 2.05) is 19.1 Å². The molecule has 1 aliphatic rings. The molecule has 1 saturated carbocycles. The van der Waals surface area contributed by atoms with Crippen molar-refractivity contribution in [3.05, 3.63) is 39.7 Å². The third kappa shape index (κ3) is 5.90. The number of aryl methyl sites for hydroxylation is 2. The third-order valence-corrected chi connectivity index (χ3v) is 6.25. The second-order valence-corrected chi connectivity index (χ2v) is 8.87. The Morgan fingerprint density at radius 2 is 1.94 bits per heavy atom. The lowest BCUT2D eigenvalue weighted by molar-refractivity contribution is -0.312. The van der Waals surface area contributed by atoms with E-state index < -0.39 is 12.1 Å². The first-order valence-electron chi connectivity index (χ1n) is 11.5. The fraction of sp³-hybridized carbons (Fsp3) is 0.560. The van der Waals surface area contributed by atoms with Gasteiger partial charge in [-0.1, -0.05) is 13.3 Å². The van der Waals surface area contributed by atoms with Crippen molar-refractivity contribution in [1.82, 2.24) is 5.32 Å². The SMILES string of the molecule is CCCCc1cc(=O)oc2cc(C)cc(O[C@@H](C)C(=O)NCC3CCC(C(=O)[O-])CC3)c12. The van der Waals surface area contributed by atoms with Crippen LogP contribution >= 0.6 is 0 Å². The van der Waals surface area contributed by atoms with E-state index in [2.05, 4.69) is 12.2 Å². The highest BCUT2D eigenvalue weighted by Gasteiger charge is 2.24. The molecule has 3 rings (SSSR count). The second kappa shape index (κ2) is 10.7. The number of amides is 1. The van der Waals surface area contributed by atoms with E-state index in [9.17, 15) is 19.5 Å². The maximum absolute atomic E-state index is 12.7. The normalized spacial score (nSPS) is 19.5. The molecule has 32 heavy (non-hydrogen) atoms. The Hall–Kier alpha value is -2.83. The van der Waals surface area contributed by atoms with E-state index in [1.165, 1.54) is 6.07 Å². The predicted molar refractivity (Wildman–Crippen MR) is 119 cm³/mol. The fourth-order valence-corrected chi connectivity index (χ4v) is 4.36. The number of nitrogens with one attached hydrogen (secondary N) is 1. The van der Waals surface area contributed by atoms with Crippen LogP contribution in [0.3, 0.4) is 0 Å². The molecule has 1 N–H and O–H groups in total. The molecule has 1 atom stereocenters. The summed E-state index contributed by atoms with van der Waals surface area (Å²) in [6.45, 7) is 6.17. The summed E-state index contributed by atoms with van der Waals surface area (Å²) in [5, 5.41) is 14.7. The highest BCUT2D eigenvalue weighted by atomic mass is 16.5. The average Bonchev–Trinajstić information content (AvgIpc) is 2.75. The number of carbonyl (C=O) groups excluding carboxylic acids is 2. The van der Waals surface area contributed by atoms with Gasteiger partial charge in [-0.05, 0) is 87.5 Å². The highest BCUT2D eigenvalue weighted by Crippen LogP contribution is 2.32. The molecule has 1 aliphatic carbocycles. The van der Waals surface area contributed by atoms with Crippen LogP contribution in [-0.4, -0.2) is 24.5 Å². The van der Waals surface area contributed by atoms with Crippen molar-refractivity contribution in [3.8, 4) is 5.75 Å². The van der Waals surface area contributed by atoms with E-state index in [0.29, 0.717) is 30.7 Å². The minimum Gasteiger partial charge on any atom is -0.550 e. The lowest BCUT2D eigenvalue weighted by Crippen LogP contribution is -2.40. The first kappa shape index (κ1) is 23.8. The smallest absolute Gasteiger partial charge is 0.336 e. The Morgan fingerprint density at radius 3 is 2.59 bits per heavy atom. The Balaban J connectivity index is 1.69. The van der Waals surface area contributed by atoms with Crippen molar-refractivity contribution >= 4 is 22.8 Å². The zero-order valence-electron chi connectivity index (χ0n) is 19.1. The number of unbranched alkanes of at least 4 members (excludes halogenated alkanes) is 1. The summed E-state index contributed by atoms with van der Waals surface area (Å²) < 4.78 is 11.5. The quantitative estimate of drug-likeness (QED) is 0.598. The van der Waals surface area contributed by atoms with E-state index in [1.54, 1.807) is 6.92 Å². The first-order valence-corrected chi connectivity index (χ1v) is 11.5. The molecule has 0 aliphatic heterocycles. The van der Waals surface area contributed by atoms with E-state index in [-0.39, 0.29) is 23.4 Å². The second-order valence-electron chi connectivity index (χ2n) is 8.87. The summed E-state index contributed by atoms with van der Waals surface area (Å²) in [4.78, 5) is 35.7. The number of fused-ring (bicyclic) bond motifs is 1.